The molecule has 0 bridgehead atoms. The van der Waals surface area contributed by atoms with Crippen LogP contribution in [0.25, 0.3) is 0 Å². The Morgan fingerprint density at radius 3 is 2.37 bits per heavy atom. The minimum atomic E-state index is 0.289. The summed E-state index contributed by atoms with van der Waals surface area (Å²) in [5, 5.41) is 0. The van der Waals surface area contributed by atoms with Crippen LogP contribution < -0.4 is 11.5 Å². The van der Waals surface area contributed by atoms with Gasteiger partial charge < -0.3 is 25.8 Å². The number of hydrogen-bond donors (Lipinski definition) is 2. The van der Waals surface area contributed by atoms with E-state index in [2.05, 4.69) is 63.1 Å². The topological polar surface area (TPSA) is 73.7 Å². The molecule has 0 radical (unpaired) electrons. The molecule has 10 atom stereocenters. The Kier molecular flexibility index (Phi) is 11.7. The quantitative estimate of drug-likeness (QED) is 0.209. The molecule has 5 nitrogen and oxygen atoms in total. The Labute approximate surface area is 264 Å². The summed E-state index contributed by atoms with van der Waals surface area (Å²) in [6.07, 6.45) is 16.0. The number of hydrogen-bond acceptors (Lipinski definition) is 5. The van der Waals surface area contributed by atoms with Crippen molar-refractivity contribution in [3.8, 4) is 0 Å². The first-order valence-corrected chi connectivity index (χ1v) is 18.2. The third kappa shape index (κ3) is 7.22. The van der Waals surface area contributed by atoms with Crippen LogP contribution >= 0.6 is 0 Å². The van der Waals surface area contributed by atoms with E-state index in [1.165, 1.54) is 76.3 Å². The van der Waals surface area contributed by atoms with Gasteiger partial charge in [0.25, 0.3) is 0 Å². The second kappa shape index (κ2) is 15.1. The van der Waals surface area contributed by atoms with Gasteiger partial charge in [0.1, 0.15) is 0 Å². The molecule has 0 heterocycles. The maximum atomic E-state index is 6.97. The molecule has 4 fully saturated rings. The van der Waals surface area contributed by atoms with E-state index in [1.54, 1.807) is 0 Å². The Morgan fingerprint density at radius 2 is 1.63 bits per heavy atom. The zero-order chi connectivity index (χ0) is 30.5. The van der Waals surface area contributed by atoms with Crippen LogP contribution in [0.5, 0.6) is 0 Å². The van der Waals surface area contributed by atoms with Gasteiger partial charge in [-0.2, -0.15) is 0 Å². The summed E-state index contributed by atoms with van der Waals surface area (Å²) in [5.74, 6) is 4.76. The van der Waals surface area contributed by atoms with Gasteiger partial charge in [-0.25, -0.2) is 0 Å². The average Bonchev–Trinajstić information content (AvgIpc) is 3.36. The van der Waals surface area contributed by atoms with Gasteiger partial charge in [-0.3, -0.25) is 0 Å². The fraction of sp³-hybridized carbons (Fsp3) is 0.842. The lowest BCUT2D eigenvalue weighted by Crippen LogP contribution is -2.59. The smallest absolute Gasteiger partial charge is 0.0637 e. The van der Waals surface area contributed by atoms with Crippen molar-refractivity contribution in [1.29, 1.82) is 0 Å². The molecule has 4 saturated carbocycles. The van der Waals surface area contributed by atoms with Gasteiger partial charge in [0, 0.05) is 19.8 Å². The van der Waals surface area contributed by atoms with Gasteiger partial charge in [0.2, 0.25) is 0 Å². The second-order valence-corrected chi connectivity index (χ2v) is 15.7. The Hall–Kier alpha value is -0.980. The van der Waals surface area contributed by atoms with E-state index in [9.17, 15) is 0 Å². The molecule has 1 aromatic rings. The molecule has 0 amide bonds. The van der Waals surface area contributed by atoms with Crippen molar-refractivity contribution in [2.45, 2.75) is 117 Å². The highest BCUT2D eigenvalue weighted by Crippen LogP contribution is 2.69. The first-order chi connectivity index (χ1) is 20.8. The molecule has 5 unspecified atom stereocenters. The fourth-order valence-corrected chi connectivity index (χ4v) is 11.0. The number of nitrogens with two attached hydrogens (primary N) is 2. The van der Waals surface area contributed by atoms with Crippen molar-refractivity contribution >= 4 is 0 Å². The van der Waals surface area contributed by atoms with Crippen molar-refractivity contribution < 1.29 is 9.47 Å². The molecule has 0 spiro atoms. The highest BCUT2D eigenvalue weighted by atomic mass is 16.5. The van der Waals surface area contributed by atoms with Gasteiger partial charge in [-0.05, 0) is 156 Å². The summed E-state index contributed by atoms with van der Waals surface area (Å²) in [7, 11) is 2.28. The zero-order valence-electron chi connectivity index (χ0n) is 28.2. The summed E-state index contributed by atoms with van der Waals surface area (Å²) < 4.78 is 13.3. The minimum Gasteiger partial charge on any atom is -0.378 e. The summed E-state index contributed by atoms with van der Waals surface area (Å²) in [4.78, 5) is 2.50. The Bertz CT molecular complexity index is 975. The van der Waals surface area contributed by atoms with E-state index in [0.29, 0.717) is 17.6 Å². The van der Waals surface area contributed by atoms with Crippen LogP contribution in [0, 0.1) is 46.3 Å². The summed E-state index contributed by atoms with van der Waals surface area (Å²) in [5.41, 5.74) is 13.8. The van der Waals surface area contributed by atoms with Crippen LogP contribution in [0.2, 0.25) is 0 Å². The Morgan fingerprint density at radius 1 is 0.884 bits per heavy atom. The molecule has 0 saturated heterocycles. The number of fused-ring (bicyclic) bond motifs is 5. The maximum absolute atomic E-state index is 6.97. The third-order valence-corrected chi connectivity index (χ3v) is 13.3. The second-order valence-electron chi connectivity index (χ2n) is 15.7. The van der Waals surface area contributed by atoms with Crippen molar-refractivity contribution in [2.24, 2.45) is 57.8 Å². The first kappa shape index (κ1) is 33.4. The Balaban J connectivity index is 1.25. The lowest BCUT2D eigenvalue weighted by atomic mass is 9.43. The van der Waals surface area contributed by atoms with Crippen molar-refractivity contribution in [1.82, 2.24) is 4.90 Å². The largest absolute Gasteiger partial charge is 0.378 e. The molecule has 1 aromatic carbocycles. The predicted octanol–water partition coefficient (Wildman–Crippen LogP) is 7.27. The number of ether oxygens (including phenoxy) is 2. The molecule has 4 aliphatic carbocycles. The van der Waals surface area contributed by atoms with E-state index >= 15 is 0 Å². The van der Waals surface area contributed by atoms with Crippen molar-refractivity contribution in [2.75, 3.05) is 39.9 Å². The SMILES string of the molecule is C[C@H](CCCN(C)Cc1ccccc1)C1CC[C@H]2C3CCC4C[C@H](OCCCN)CCC4(C)[C@H]3C[C@H](OCCCN)C12C. The standard InChI is InChI=1S/C38H65N3O2/c1-28(11-8-22-41(4)27-29-12-6-5-7-13-29)33-16-17-34-32-15-14-30-25-31(42-23-9-20-39)18-19-37(30,2)35(32)26-36(38(33,34)3)43-24-10-21-40/h5-7,12-13,28,30-36H,8-11,14-27,39-40H2,1-4H3/t28-,30?,31-,32?,33?,34+,35+,36+,37?,38?/m1/s1. The molecule has 4 N–H and O–H groups in total. The monoisotopic (exact) mass is 596 g/mol. The van der Waals surface area contributed by atoms with Crippen LogP contribution in [0.4, 0.5) is 0 Å². The lowest BCUT2D eigenvalue weighted by Gasteiger charge is -2.63. The number of benzene rings is 1. The summed E-state index contributed by atoms with van der Waals surface area (Å²) in [6, 6.07) is 10.9. The van der Waals surface area contributed by atoms with Gasteiger partial charge in [-0.1, -0.05) is 51.1 Å². The predicted molar refractivity (Wildman–Crippen MR) is 179 cm³/mol. The average molecular weight is 596 g/mol. The van der Waals surface area contributed by atoms with Crippen LogP contribution in [-0.4, -0.2) is 57.0 Å². The van der Waals surface area contributed by atoms with E-state index < -0.39 is 0 Å². The zero-order valence-corrected chi connectivity index (χ0v) is 28.2. The highest BCUT2D eigenvalue weighted by molar-refractivity contribution is 5.15. The molecular weight excluding hydrogens is 530 g/mol. The summed E-state index contributed by atoms with van der Waals surface area (Å²) >= 11 is 0. The van der Waals surface area contributed by atoms with E-state index in [1.807, 2.05) is 0 Å². The molecule has 244 valence electrons. The first-order valence-electron chi connectivity index (χ1n) is 18.2. The molecule has 43 heavy (non-hydrogen) atoms. The molecule has 4 aliphatic rings. The van der Waals surface area contributed by atoms with Crippen LogP contribution in [-0.2, 0) is 16.0 Å². The van der Waals surface area contributed by atoms with Crippen molar-refractivity contribution in [3.05, 3.63) is 35.9 Å². The fourth-order valence-electron chi connectivity index (χ4n) is 11.0. The molecule has 5 heteroatoms. The maximum Gasteiger partial charge on any atom is 0.0637 e. The lowest BCUT2D eigenvalue weighted by molar-refractivity contribution is -0.192. The van der Waals surface area contributed by atoms with E-state index in [4.69, 9.17) is 20.9 Å². The third-order valence-electron chi connectivity index (χ3n) is 13.3. The minimum absolute atomic E-state index is 0.289. The molecule has 0 aliphatic heterocycles. The van der Waals surface area contributed by atoms with Gasteiger partial charge in [-0.15, -0.1) is 0 Å². The number of rotatable bonds is 15. The molecule has 0 aromatic heterocycles. The molecular formula is C38H65N3O2. The van der Waals surface area contributed by atoms with Crippen LogP contribution in [0.15, 0.2) is 30.3 Å². The van der Waals surface area contributed by atoms with Crippen LogP contribution in [0.3, 0.4) is 0 Å². The highest BCUT2D eigenvalue weighted by Gasteiger charge is 2.64. The van der Waals surface area contributed by atoms with E-state index in [0.717, 1.165) is 81.2 Å². The molecule has 5 rings (SSSR count). The summed E-state index contributed by atoms with van der Waals surface area (Å²) in [6.45, 7) is 13.2. The van der Waals surface area contributed by atoms with Crippen molar-refractivity contribution in [3.63, 3.8) is 0 Å². The van der Waals surface area contributed by atoms with Gasteiger partial charge in [0.05, 0.1) is 12.2 Å². The van der Waals surface area contributed by atoms with Gasteiger partial charge in [0.15, 0.2) is 0 Å². The normalized spacial score (nSPS) is 38.0. The van der Waals surface area contributed by atoms with E-state index in [-0.39, 0.29) is 5.41 Å². The van der Waals surface area contributed by atoms with Crippen LogP contribution in [0.1, 0.15) is 103 Å². The number of nitrogens with zero attached hydrogens (tertiary/aromatic N) is 1. The van der Waals surface area contributed by atoms with Gasteiger partial charge >= 0.3 is 0 Å².